The first-order chi connectivity index (χ1) is 8.99. The third kappa shape index (κ3) is 1.80. The quantitative estimate of drug-likeness (QED) is 0.617. The number of furan rings is 1. The highest BCUT2D eigenvalue weighted by Gasteiger charge is 2.31. The van der Waals surface area contributed by atoms with Crippen LogP contribution in [0.4, 0.5) is 13.2 Å². The summed E-state index contributed by atoms with van der Waals surface area (Å²) in [4.78, 5) is 3.79. The number of pyridine rings is 1. The number of rotatable bonds is 0. The molecule has 0 saturated carbocycles. The predicted octanol–water partition coefficient (Wildman–Crippen LogP) is 3.87. The molecule has 3 nitrogen and oxygen atoms in total. The standard InChI is InChI=1S/C13H5F3N2O/c14-13(15,16)8-4-11-12(18-6-8)9-3-7(5-17)1-2-10(9)19-11/h1-4,6H. The van der Waals surface area contributed by atoms with E-state index in [9.17, 15) is 13.2 Å². The molecule has 19 heavy (non-hydrogen) atoms. The summed E-state index contributed by atoms with van der Waals surface area (Å²) in [6, 6.07) is 7.50. The van der Waals surface area contributed by atoms with Crippen LogP contribution in [-0.4, -0.2) is 4.98 Å². The number of aromatic nitrogens is 1. The van der Waals surface area contributed by atoms with Crippen LogP contribution >= 0.6 is 0 Å². The highest BCUT2D eigenvalue weighted by atomic mass is 19.4. The van der Waals surface area contributed by atoms with Gasteiger partial charge in [-0.1, -0.05) is 0 Å². The number of benzene rings is 1. The second-order valence-corrected chi connectivity index (χ2v) is 3.99. The van der Waals surface area contributed by atoms with Gasteiger partial charge in [0, 0.05) is 11.6 Å². The van der Waals surface area contributed by atoms with Crippen molar-refractivity contribution >= 4 is 22.1 Å². The van der Waals surface area contributed by atoms with Gasteiger partial charge in [0.15, 0.2) is 5.58 Å². The molecule has 0 aliphatic heterocycles. The van der Waals surface area contributed by atoms with Gasteiger partial charge in [0.1, 0.15) is 11.1 Å². The molecule has 3 aromatic rings. The van der Waals surface area contributed by atoms with Crippen molar-refractivity contribution in [3.8, 4) is 6.07 Å². The van der Waals surface area contributed by atoms with Crippen LogP contribution in [0.2, 0.25) is 0 Å². The number of nitriles is 1. The van der Waals surface area contributed by atoms with Crippen molar-refractivity contribution < 1.29 is 17.6 Å². The molecule has 1 aromatic carbocycles. The average molecular weight is 262 g/mol. The predicted molar refractivity (Wildman–Crippen MR) is 61.2 cm³/mol. The van der Waals surface area contributed by atoms with Gasteiger partial charge in [0.05, 0.1) is 17.2 Å². The van der Waals surface area contributed by atoms with Gasteiger partial charge in [-0.05, 0) is 24.3 Å². The van der Waals surface area contributed by atoms with Crippen molar-refractivity contribution in [1.29, 1.82) is 5.26 Å². The Morgan fingerprint density at radius 1 is 1.16 bits per heavy atom. The van der Waals surface area contributed by atoms with E-state index in [2.05, 4.69) is 4.98 Å². The van der Waals surface area contributed by atoms with E-state index in [1.807, 2.05) is 6.07 Å². The second kappa shape index (κ2) is 3.72. The van der Waals surface area contributed by atoms with E-state index >= 15 is 0 Å². The smallest absolute Gasteiger partial charge is 0.418 e. The lowest BCUT2D eigenvalue weighted by Gasteiger charge is -2.04. The lowest BCUT2D eigenvalue weighted by Crippen LogP contribution is -2.04. The fourth-order valence-electron chi connectivity index (χ4n) is 1.87. The minimum Gasteiger partial charge on any atom is -0.454 e. The summed E-state index contributed by atoms with van der Waals surface area (Å²) in [5.41, 5.74) is 0.317. The third-order valence-corrected chi connectivity index (χ3v) is 2.76. The molecular weight excluding hydrogens is 257 g/mol. The van der Waals surface area contributed by atoms with Crippen molar-refractivity contribution in [3.63, 3.8) is 0 Å². The number of alkyl halides is 3. The number of hydrogen-bond donors (Lipinski definition) is 0. The molecule has 0 fully saturated rings. The van der Waals surface area contributed by atoms with Crippen LogP contribution in [0.3, 0.4) is 0 Å². The van der Waals surface area contributed by atoms with E-state index in [1.54, 1.807) is 12.1 Å². The Morgan fingerprint density at radius 3 is 2.63 bits per heavy atom. The molecule has 0 radical (unpaired) electrons. The molecule has 0 atom stereocenters. The number of hydrogen-bond acceptors (Lipinski definition) is 3. The van der Waals surface area contributed by atoms with Gasteiger partial charge in [-0.25, -0.2) is 0 Å². The molecule has 2 aromatic heterocycles. The van der Waals surface area contributed by atoms with Crippen LogP contribution in [0.1, 0.15) is 11.1 Å². The molecule has 3 rings (SSSR count). The van der Waals surface area contributed by atoms with Gasteiger partial charge in [-0.15, -0.1) is 0 Å². The largest absolute Gasteiger partial charge is 0.454 e. The molecule has 94 valence electrons. The molecule has 0 unspecified atom stereocenters. The molecule has 0 aliphatic carbocycles. The first-order valence-electron chi connectivity index (χ1n) is 5.28. The first kappa shape index (κ1) is 11.5. The molecule has 2 heterocycles. The summed E-state index contributed by atoms with van der Waals surface area (Å²) in [5.74, 6) is 0. The fourth-order valence-corrected chi connectivity index (χ4v) is 1.87. The molecule has 0 spiro atoms. The van der Waals surface area contributed by atoms with E-state index in [4.69, 9.17) is 9.68 Å². The van der Waals surface area contributed by atoms with Crippen LogP contribution in [0.5, 0.6) is 0 Å². The third-order valence-electron chi connectivity index (χ3n) is 2.76. The average Bonchev–Trinajstić information content (AvgIpc) is 2.74. The SMILES string of the molecule is N#Cc1ccc2oc3cc(C(F)(F)F)cnc3c2c1. The lowest BCUT2D eigenvalue weighted by atomic mass is 10.1. The molecule has 0 amide bonds. The van der Waals surface area contributed by atoms with E-state index < -0.39 is 11.7 Å². The topological polar surface area (TPSA) is 49.8 Å². The van der Waals surface area contributed by atoms with Gasteiger partial charge >= 0.3 is 6.18 Å². The molecule has 0 N–H and O–H groups in total. The summed E-state index contributed by atoms with van der Waals surface area (Å²) < 4.78 is 43.0. The Kier molecular flexibility index (Phi) is 2.26. The van der Waals surface area contributed by atoms with E-state index in [-0.39, 0.29) is 5.58 Å². The van der Waals surface area contributed by atoms with Crippen LogP contribution in [0, 0.1) is 11.3 Å². The summed E-state index contributed by atoms with van der Waals surface area (Å²) in [5, 5.41) is 9.34. The maximum Gasteiger partial charge on any atom is 0.418 e. The summed E-state index contributed by atoms with van der Waals surface area (Å²) in [7, 11) is 0. The van der Waals surface area contributed by atoms with Gasteiger partial charge in [-0.3, -0.25) is 4.98 Å². The molecule has 0 saturated heterocycles. The zero-order valence-corrected chi connectivity index (χ0v) is 9.32. The molecule has 6 heteroatoms. The zero-order valence-electron chi connectivity index (χ0n) is 9.32. The lowest BCUT2D eigenvalue weighted by molar-refractivity contribution is -0.137. The monoisotopic (exact) mass is 262 g/mol. The van der Waals surface area contributed by atoms with Crippen LogP contribution in [0.15, 0.2) is 34.9 Å². The minimum absolute atomic E-state index is 0.0555. The number of halogens is 3. The van der Waals surface area contributed by atoms with E-state index in [0.29, 0.717) is 22.0 Å². The normalized spacial score (nSPS) is 11.9. The summed E-state index contributed by atoms with van der Waals surface area (Å²) >= 11 is 0. The van der Waals surface area contributed by atoms with E-state index in [1.165, 1.54) is 6.07 Å². The van der Waals surface area contributed by atoms with Crippen molar-refractivity contribution in [2.75, 3.05) is 0 Å². The maximum absolute atomic E-state index is 12.6. The fraction of sp³-hybridized carbons (Fsp3) is 0.0769. The van der Waals surface area contributed by atoms with Crippen molar-refractivity contribution in [3.05, 3.63) is 41.6 Å². The number of fused-ring (bicyclic) bond motifs is 3. The minimum atomic E-state index is -4.46. The van der Waals surface area contributed by atoms with Crippen LogP contribution in [0.25, 0.3) is 22.1 Å². The molecule has 0 aliphatic rings. The second-order valence-electron chi connectivity index (χ2n) is 3.99. The van der Waals surface area contributed by atoms with Crippen LogP contribution < -0.4 is 0 Å². The van der Waals surface area contributed by atoms with Gasteiger partial charge < -0.3 is 4.42 Å². The Bertz CT molecular complexity index is 827. The van der Waals surface area contributed by atoms with Crippen molar-refractivity contribution in [2.24, 2.45) is 0 Å². The first-order valence-corrected chi connectivity index (χ1v) is 5.28. The number of nitrogens with zero attached hydrogens (tertiary/aromatic N) is 2. The van der Waals surface area contributed by atoms with E-state index in [0.717, 1.165) is 12.3 Å². The summed E-state index contributed by atoms with van der Waals surface area (Å²) in [6.45, 7) is 0. The van der Waals surface area contributed by atoms with Gasteiger partial charge in [-0.2, -0.15) is 18.4 Å². The maximum atomic E-state index is 12.6. The Morgan fingerprint density at radius 2 is 1.95 bits per heavy atom. The van der Waals surface area contributed by atoms with Crippen molar-refractivity contribution in [2.45, 2.75) is 6.18 Å². The van der Waals surface area contributed by atoms with Crippen LogP contribution in [-0.2, 0) is 6.18 Å². The Balaban J connectivity index is 2.32. The van der Waals surface area contributed by atoms with Crippen molar-refractivity contribution in [1.82, 2.24) is 4.98 Å². The highest BCUT2D eigenvalue weighted by molar-refractivity contribution is 6.02. The zero-order chi connectivity index (χ0) is 13.6. The van der Waals surface area contributed by atoms with Gasteiger partial charge in [0.2, 0.25) is 0 Å². The molecular formula is C13H5F3N2O. The Labute approximate surface area is 104 Å². The van der Waals surface area contributed by atoms with Gasteiger partial charge in [0.25, 0.3) is 0 Å². The Hall–Kier alpha value is -2.55. The summed E-state index contributed by atoms with van der Waals surface area (Å²) in [6.07, 6.45) is -3.70. The molecule has 0 bridgehead atoms. The highest BCUT2D eigenvalue weighted by Crippen LogP contribution is 2.33.